The molecule has 0 spiro atoms. The molecule has 1 aliphatic heterocycles. The first-order valence-corrected chi connectivity index (χ1v) is 13.0. The van der Waals surface area contributed by atoms with Crippen molar-refractivity contribution in [2.45, 2.75) is 19.9 Å². The van der Waals surface area contributed by atoms with Crippen LogP contribution >= 0.6 is 11.3 Å². The van der Waals surface area contributed by atoms with Crippen LogP contribution in [0.5, 0.6) is 11.5 Å². The van der Waals surface area contributed by atoms with Gasteiger partial charge in [-0.2, -0.15) is 0 Å². The predicted molar refractivity (Wildman–Crippen MR) is 147 cm³/mol. The Labute approximate surface area is 227 Å². The van der Waals surface area contributed by atoms with Crippen LogP contribution in [0.25, 0.3) is 11.0 Å². The molecule has 0 bridgehead atoms. The number of benzene rings is 3. The molecular weight excluding hydrogens is 516 g/mol. The van der Waals surface area contributed by atoms with E-state index in [-0.39, 0.29) is 26.8 Å². The Bertz CT molecular complexity index is 1830. The normalized spacial score (nSPS) is 14.5. The summed E-state index contributed by atoms with van der Waals surface area (Å²) in [5.74, 6) is 0.0581. The molecule has 1 unspecified atom stereocenters. The number of hydrogen-bond acceptors (Lipinski definition) is 8. The third-order valence-corrected chi connectivity index (χ3v) is 7.68. The van der Waals surface area contributed by atoms with Crippen LogP contribution in [-0.2, 0) is 4.74 Å². The van der Waals surface area contributed by atoms with E-state index in [1.807, 2.05) is 49.4 Å². The fourth-order valence-corrected chi connectivity index (χ4v) is 5.75. The second kappa shape index (κ2) is 9.52. The van der Waals surface area contributed by atoms with Gasteiger partial charge in [0.25, 0.3) is 5.91 Å². The number of methoxy groups -OCH3 is 1. The van der Waals surface area contributed by atoms with Crippen LogP contribution in [0.15, 0.2) is 82.0 Å². The first kappa shape index (κ1) is 24.6. The molecule has 2 aromatic heterocycles. The van der Waals surface area contributed by atoms with Crippen molar-refractivity contribution in [3.05, 3.63) is 116 Å². The van der Waals surface area contributed by atoms with E-state index in [4.69, 9.17) is 13.9 Å². The summed E-state index contributed by atoms with van der Waals surface area (Å²) in [7, 11) is 1.29. The van der Waals surface area contributed by atoms with Gasteiger partial charge in [-0.15, -0.1) is 0 Å². The van der Waals surface area contributed by atoms with E-state index in [1.54, 1.807) is 37.3 Å². The predicted octanol–water partition coefficient (Wildman–Crippen LogP) is 6.20. The van der Waals surface area contributed by atoms with Gasteiger partial charge in [0.2, 0.25) is 5.76 Å². The van der Waals surface area contributed by atoms with Crippen LogP contribution in [-0.4, -0.2) is 24.0 Å². The number of esters is 1. The Kier molecular flexibility index (Phi) is 6.00. The molecule has 3 heterocycles. The van der Waals surface area contributed by atoms with E-state index in [1.165, 1.54) is 12.0 Å². The number of aryl methyl sites for hydroxylation is 2. The minimum atomic E-state index is -0.857. The summed E-state index contributed by atoms with van der Waals surface area (Å²) in [6.07, 6.45) is 0. The SMILES string of the molecule is COC(=O)c1sc(N2C(=O)c3oc4ccc(C)cc4c(=O)c3C2c2cccc(Oc3ccccc3)c2)nc1C. The van der Waals surface area contributed by atoms with E-state index in [2.05, 4.69) is 4.98 Å². The van der Waals surface area contributed by atoms with Crippen molar-refractivity contribution in [2.24, 2.45) is 0 Å². The minimum absolute atomic E-state index is 0.0526. The molecule has 194 valence electrons. The van der Waals surface area contributed by atoms with Gasteiger partial charge in [-0.3, -0.25) is 14.5 Å². The fraction of sp³-hybridized carbons (Fsp3) is 0.133. The van der Waals surface area contributed by atoms with Gasteiger partial charge in [0.1, 0.15) is 22.0 Å². The summed E-state index contributed by atoms with van der Waals surface area (Å²) >= 11 is 1.03. The number of rotatable bonds is 5. The number of ether oxygens (including phenoxy) is 2. The van der Waals surface area contributed by atoms with Crippen LogP contribution in [0, 0.1) is 13.8 Å². The van der Waals surface area contributed by atoms with Gasteiger partial charge in [0.15, 0.2) is 10.6 Å². The van der Waals surface area contributed by atoms with Crippen molar-refractivity contribution in [3.63, 3.8) is 0 Å². The molecule has 5 aromatic rings. The van der Waals surface area contributed by atoms with E-state index in [9.17, 15) is 14.4 Å². The molecule has 1 atom stereocenters. The van der Waals surface area contributed by atoms with Crippen LogP contribution in [0.3, 0.4) is 0 Å². The molecular formula is C30H22N2O6S. The zero-order valence-corrected chi connectivity index (χ0v) is 22.1. The molecule has 0 aliphatic carbocycles. The molecule has 1 aliphatic rings. The molecule has 0 saturated heterocycles. The largest absolute Gasteiger partial charge is 0.465 e. The topological polar surface area (TPSA) is 98.9 Å². The summed E-state index contributed by atoms with van der Waals surface area (Å²) in [6.45, 7) is 3.56. The number of carbonyl (C=O) groups excluding carboxylic acids is 2. The van der Waals surface area contributed by atoms with Crippen LogP contribution < -0.4 is 15.1 Å². The molecule has 6 rings (SSSR count). The zero-order valence-electron chi connectivity index (χ0n) is 21.3. The average Bonchev–Trinajstić information content (AvgIpc) is 3.46. The summed E-state index contributed by atoms with van der Waals surface area (Å²) < 4.78 is 17.0. The van der Waals surface area contributed by atoms with Crippen molar-refractivity contribution >= 4 is 39.3 Å². The highest BCUT2D eigenvalue weighted by molar-refractivity contribution is 7.17. The molecule has 8 nitrogen and oxygen atoms in total. The number of carbonyl (C=O) groups is 2. The third kappa shape index (κ3) is 4.17. The molecule has 3 aromatic carbocycles. The van der Waals surface area contributed by atoms with Gasteiger partial charge >= 0.3 is 5.97 Å². The number of fused-ring (bicyclic) bond motifs is 2. The maximum Gasteiger partial charge on any atom is 0.350 e. The van der Waals surface area contributed by atoms with E-state index >= 15 is 0 Å². The summed E-state index contributed by atoms with van der Waals surface area (Å²) in [5, 5.41) is 0.638. The van der Waals surface area contributed by atoms with E-state index < -0.39 is 17.9 Å². The highest BCUT2D eigenvalue weighted by Crippen LogP contribution is 2.44. The monoisotopic (exact) mass is 538 g/mol. The molecule has 0 radical (unpaired) electrons. The number of thiazole rings is 1. The standard InChI is InChI=1S/C30H22N2O6S/c1-16-12-13-22-21(14-16)25(33)23-24(18-8-7-11-20(15-18)37-19-9-5-4-6-10-19)32(28(34)26(23)38-22)30-31-17(2)27(39-30)29(35)36-3/h4-15,24H,1-3H3. The Morgan fingerprint density at radius 3 is 2.51 bits per heavy atom. The van der Waals surface area contributed by atoms with Crippen LogP contribution in [0.2, 0.25) is 0 Å². The molecule has 0 N–H and O–H groups in total. The highest BCUT2D eigenvalue weighted by atomic mass is 32.1. The van der Waals surface area contributed by atoms with E-state index in [0.29, 0.717) is 33.7 Å². The first-order chi connectivity index (χ1) is 18.9. The first-order valence-electron chi connectivity index (χ1n) is 12.1. The molecule has 1 amide bonds. The summed E-state index contributed by atoms with van der Waals surface area (Å²) in [4.78, 5) is 46.4. The molecule has 0 fully saturated rings. The Morgan fingerprint density at radius 1 is 0.974 bits per heavy atom. The smallest absolute Gasteiger partial charge is 0.350 e. The van der Waals surface area contributed by atoms with Crippen molar-refractivity contribution in [1.82, 2.24) is 4.98 Å². The lowest BCUT2D eigenvalue weighted by Gasteiger charge is -2.23. The number of amides is 1. The van der Waals surface area contributed by atoms with Crippen molar-refractivity contribution < 1.29 is 23.5 Å². The van der Waals surface area contributed by atoms with Crippen molar-refractivity contribution in [2.75, 3.05) is 12.0 Å². The van der Waals surface area contributed by atoms with Gasteiger partial charge in [0, 0.05) is 0 Å². The van der Waals surface area contributed by atoms with Gasteiger partial charge in [-0.05, 0) is 55.8 Å². The quantitative estimate of drug-likeness (QED) is 0.246. The second-order valence-corrected chi connectivity index (χ2v) is 10.1. The maximum absolute atomic E-state index is 13.9. The van der Waals surface area contributed by atoms with Gasteiger partial charge in [-0.1, -0.05) is 53.3 Å². The zero-order chi connectivity index (χ0) is 27.3. The molecule has 9 heteroatoms. The lowest BCUT2D eigenvalue weighted by Crippen LogP contribution is -2.29. The number of nitrogens with zero attached hydrogens (tertiary/aromatic N) is 2. The highest BCUT2D eigenvalue weighted by Gasteiger charge is 2.45. The average molecular weight is 539 g/mol. The Morgan fingerprint density at radius 2 is 1.74 bits per heavy atom. The second-order valence-electron chi connectivity index (χ2n) is 9.14. The summed E-state index contributed by atoms with van der Waals surface area (Å²) in [6, 6.07) is 20.9. The van der Waals surface area contributed by atoms with Crippen LogP contribution in [0.1, 0.15) is 48.7 Å². The van der Waals surface area contributed by atoms with Crippen LogP contribution in [0.4, 0.5) is 5.13 Å². The Balaban J connectivity index is 1.56. The summed E-state index contributed by atoms with van der Waals surface area (Å²) in [5.41, 5.74) is 2.18. The van der Waals surface area contributed by atoms with Gasteiger partial charge in [-0.25, -0.2) is 9.78 Å². The molecule has 0 saturated carbocycles. The minimum Gasteiger partial charge on any atom is -0.465 e. The lowest BCUT2D eigenvalue weighted by molar-refractivity contribution is 0.0605. The third-order valence-electron chi connectivity index (χ3n) is 6.54. The van der Waals surface area contributed by atoms with Gasteiger partial charge in [0.05, 0.1) is 29.8 Å². The number of hydrogen-bond donors (Lipinski definition) is 0. The van der Waals surface area contributed by atoms with E-state index in [0.717, 1.165) is 16.9 Å². The number of aromatic nitrogens is 1. The van der Waals surface area contributed by atoms with Crippen molar-refractivity contribution in [3.8, 4) is 11.5 Å². The maximum atomic E-state index is 13.9. The number of anilines is 1. The fourth-order valence-electron chi connectivity index (χ4n) is 4.74. The number of para-hydroxylation sites is 1. The molecule has 39 heavy (non-hydrogen) atoms. The lowest BCUT2D eigenvalue weighted by atomic mass is 9.98. The Hall–Kier alpha value is -4.76. The van der Waals surface area contributed by atoms with Gasteiger partial charge < -0.3 is 13.9 Å². The van der Waals surface area contributed by atoms with Crippen molar-refractivity contribution in [1.29, 1.82) is 0 Å².